The van der Waals surface area contributed by atoms with Crippen molar-refractivity contribution in [1.82, 2.24) is 29.7 Å². The van der Waals surface area contributed by atoms with E-state index in [1.807, 2.05) is 26.8 Å². The van der Waals surface area contributed by atoms with Gasteiger partial charge in [0.15, 0.2) is 11.5 Å². The van der Waals surface area contributed by atoms with Gasteiger partial charge >= 0.3 is 0 Å². The van der Waals surface area contributed by atoms with Crippen molar-refractivity contribution < 1.29 is 4.42 Å². The fourth-order valence-electron chi connectivity index (χ4n) is 3.74. The highest BCUT2D eigenvalue weighted by Crippen LogP contribution is 2.47. The summed E-state index contributed by atoms with van der Waals surface area (Å²) in [5, 5.41) is 4.85. The zero-order valence-corrected chi connectivity index (χ0v) is 15.9. The molecule has 1 aliphatic rings. The maximum absolute atomic E-state index is 12.7. The Morgan fingerprint density at radius 2 is 1.96 bits per heavy atom. The van der Waals surface area contributed by atoms with E-state index in [1.54, 1.807) is 23.3 Å². The molecule has 1 aliphatic carbocycles. The van der Waals surface area contributed by atoms with Gasteiger partial charge in [0.1, 0.15) is 17.0 Å². The number of rotatable bonds is 3. The number of nitrogens with zero attached hydrogens (tertiary/aromatic N) is 5. The average Bonchev–Trinajstić information content (AvgIpc) is 3.18. The molecule has 4 aromatic rings. The minimum Gasteiger partial charge on any atom is -0.445 e. The predicted molar refractivity (Wildman–Crippen MR) is 103 cm³/mol. The van der Waals surface area contributed by atoms with Gasteiger partial charge in [-0.2, -0.15) is 5.10 Å². The van der Waals surface area contributed by atoms with Crippen molar-refractivity contribution >= 4 is 11.0 Å². The molecule has 4 aromatic heterocycles. The van der Waals surface area contributed by atoms with Crippen LogP contribution in [-0.2, 0) is 0 Å². The highest BCUT2D eigenvalue weighted by atomic mass is 16.4. The maximum Gasteiger partial charge on any atom is 0.262 e. The molecule has 1 N–H and O–H groups in total. The van der Waals surface area contributed by atoms with Crippen LogP contribution in [0.3, 0.4) is 0 Å². The molecule has 8 heteroatoms. The van der Waals surface area contributed by atoms with Gasteiger partial charge in [-0.25, -0.2) is 14.6 Å². The smallest absolute Gasteiger partial charge is 0.262 e. The van der Waals surface area contributed by atoms with Crippen LogP contribution in [0.5, 0.6) is 0 Å². The van der Waals surface area contributed by atoms with Crippen LogP contribution in [0.1, 0.15) is 53.4 Å². The van der Waals surface area contributed by atoms with E-state index in [0.717, 1.165) is 41.4 Å². The van der Waals surface area contributed by atoms with Gasteiger partial charge in [0.25, 0.3) is 5.56 Å². The first-order valence-corrected chi connectivity index (χ1v) is 9.36. The van der Waals surface area contributed by atoms with Crippen LogP contribution in [0, 0.1) is 20.8 Å². The van der Waals surface area contributed by atoms with Crippen LogP contribution in [0.4, 0.5) is 0 Å². The summed E-state index contributed by atoms with van der Waals surface area (Å²) in [4.78, 5) is 29.1. The molecule has 8 nitrogen and oxygen atoms in total. The molecule has 2 atom stereocenters. The standard InChI is InChI=1S/C20H20N6O2/c1-10-6-7-21-9-16(10)26-18-15(8-22-26)19(27)25-17(24-18)13-4-5-14(13)20-23-11(2)12(3)28-20/h6-9,13-14H,4-5H2,1-3H3,(H,24,25,27)/t13-,14?/m0/s1. The minimum absolute atomic E-state index is 0.0768. The molecular formula is C20H20N6O2. The van der Waals surface area contributed by atoms with E-state index < -0.39 is 0 Å². The quantitative estimate of drug-likeness (QED) is 0.589. The molecule has 0 amide bonds. The van der Waals surface area contributed by atoms with Crippen molar-refractivity contribution in [2.75, 3.05) is 0 Å². The van der Waals surface area contributed by atoms with Gasteiger partial charge in [0.2, 0.25) is 0 Å². The van der Waals surface area contributed by atoms with Crippen LogP contribution in [0.2, 0.25) is 0 Å². The monoisotopic (exact) mass is 376 g/mol. The summed E-state index contributed by atoms with van der Waals surface area (Å²) in [7, 11) is 0. The number of hydrogen-bond donors (Lipinski definition) is 1. The Balaban J connectivity index is 1.60. The molecule has 0 saturated heterocycles. The van der Waals surface area contributed by atoms with Crippen molar-refractivity contribution in [1.29, 1.82) is 0 Å². The van der Waals surface area contributed by atoms with Crippen LogP contribution in [-0.4, -0.2) is 29.7 Å². The number of hydrogen-bond acceptors (Lipinski definition) is 6. The largest absolute Gasteiger partial charge is 0.445 e. The zero-order valence-electron chi connectivity index (χ0n) is 15.9. The number of pyridine rings is 1. The van der Waals surface area contributed by atoms with Crippen molar-refractivity contribution in [2.24, 2.45) is 0 Å². The number of H-pyrrole nitrogens is 1. The van der Waals surface area contributed by atoms with Gasteiger partial charge in [-0.1, -0.05) is 0 Å². The van der Waals surface area contributed by atoms with E-state index in [-0.39, 0.29) is 17.4 Å². The minimum atomic E-state index is -0.182. The summed E-state index contributed by atoms with van der Waals surface area (Å²) in [5.74, 6) is 2.43. The molecule has 1 unspecified atom stereocenters. The van der Waals surface area contributed by atoms with Crippen LogP contribution in [0.25, 0.3) is 16.7 Å². The lowest BCUT2D eigenvalue weighted by Crippen LogP contribution is -2.26. The Hall–Kier alpha value is -3.29. The van der Waals surface area contributed by atoms with Gasteiger partial charge in [0, 0.05) is 18.0 Å². The molecule has 0 bridgehead atoms. The zero-order chi connectivity index (χ0) is 19.4. The Kier molecular flexibility index (Phi) is 3.68. The second-order valence-corrected chi connectivity index (χ2v) is 7.39. The van der Waals surface area contributed by atoms with Crippen molar-refractivity contribution in [3.05, 3.63) is 63.7 Å². The third kappa shape index (κ3) is 2.48. The molecule has 4 heterocycles. The summed E-state index contributed by atoms with van der Waals surface area (Å²) in [6, 6.07) is 1.91. The molecular weight excluding hydrogens is 356 g/mol. The summed E-state index contributed by atoms with van der Waals surface area (Å²) >= 11 is 0. The lowest BCUT2D eigenvalue weighted by atomic mass is 9.73. The van der Waals surface area contributed by atoms with Gasteiger partial charge in [-0.05, 0) is 45.2 Å². The van der Waals surface area contributed by atoms with E-state index >= 15 is 0 Å². The van der Waals surface area contributed by atoms with Crippen molar-refractivity contribution in [2.45, 2.75) is 45.4 Å². The van der Waals surface area contributed by atoms with Crippen molar-refractivity contribution in [3.63, 3.8) is 0 Å². The fraction of sp³-hybridized carbons (Fsp3) is 0.350. The fourth-order valence-corrected chi connectivity index (χ4v) is 3.74. The lowest BCUT2D eigenvalue weighted by molar-refractivity contribution is 0.273. The molecule has 142 valence electrons. The summed E-state index contributed by atoms with van der Waals surface area (Å²) in [6.07, 6.45) is 6.91. The number of nitrogens with one attached hydrogen (secondary N) is 1. The van der Waals surface area contributed by atoms with Crippen LogP contribution in [0.15, 0.2) is 33.9 Å². The topological polar surface area (TPSA) is 102 Å². The number of aryl methyl sites for hydroxylation is 3. The van der Waals surface area contributed by atoms with Gasteiger partial charge < -0.3 is 9.40 Å². The van der Waals surface area contributed by atoms with E-state index in [0.29, 0.717) is 16.9 Å². The third-order valence-electron chi connectivity index (χ3n) is 5.68. The van der Waals surface area contributed by atoms with Gasteiger partial charge in [-0.3, -0.25) is 9.78 Å². The summed E-state index contributed by atoms with van der Waals surface area (Å²) in [6.45, 7) is 5.84. The SMILES string of the molecule is Cc1ccncc1-n1ncc2c(=O)[nH]c([C@H]3CCC3c3nc(C)c(C)o3)nc21. The Bertz CT molecular complexity index is 1230. The normalized spacial score (nSPS) is 19.1. The first-order valence-electron chi connectivity index (χ1n) is 9.36. The molecule has 28 heavy (non-hydrogen) atoms. The Morgan fingerprint density at radius 3 is 2.64 bits per heavy atom. The maximum atomic E-state index is 12.7. The number of aromatic nitrogens is 6. The second kappa shape index (κ2) is 6.12. The average molecular weight is 376 g/mol. The van der Waals surface area contributed by atoms with E-state index in [2.05, 4.69) is 20.1 Å². The van der Waals surface area contributed by atoms with E-state index in [9.17, 15) is 4.79 Å². The van der Waals surface area contributed by atoms with Crippen LogP contribution < -0.4 is 5.56 Å². The first kappa shape index (κ1) is 16.9. The Labute approximate surface area is 160 Å². The summed E-state index contributed by atoms with van der Waals surface area (Å²) in [5.41, 5.74) is 3.09. The molecule has 0 spiro atoms. The molecule has 0 radical (unpaired) electrons. The van der Waals surface area contributed by atoms with Gasteiger partial charge in [-0.15, -0.1) is 0 Å². The first-order chi connectivity index (χ1) is 13.5. The predicted octanol–water partition coefficient (Wildman–Crippen LogP) is 3.08. The number of oxazole rings is 1. The molecule has 1 fully saturated rings. The molecule has 1 saturated carbocycles. The van der Waals surface area contributed by atoms with Gasteiger partial charge in [0.05, 0.1) is 23.8 Å². The highest BCUT2D eigenvalue weighted by molar-refractivity contribution is 5.75. The van der Waals surface area contributed by atoms with Crippen molar-refractivity contribution in [3.8, 4) is 5.69 Å². The van der Waals surface area contributed by atoms with Crippen LogP contribution >= 0.6 is 0 Å². The number of aromatic amines is 1. The summed E-state index contributed by atoms with van der Waals surface area (Å²) < 4.78 is 7.51. The number of fused-ring (bicyclic) bond motifs is 1. The Morgan fingerprint density at radius 1 is 1.14 bits per heavy atom. The van der Waals surface area contributed by atoms with E-state index in [4.69, 9.17) is 9.40 Å². The third-order valence-corrected chi connectivity index (χ3v) is 5.68. The van der Waals surface area contributed by atoms with E-state index in [1.165, 1.54) is 0 Å². The second-order valence-electron chi connectivity index (χ2n) is 7.39. The highest BCUT2D eigenvalue weighted by Gasteiger charge is 2.39. The molecule has 0 aromatic carbocycles. The molecule has 5 rings (SSSR count). The lowest BCUT2D eigenvalue weighted by Gasteiger charge is -2.33. The molecule has 0 aliphatic heterocycles.